The minimum absolute atomic E-state index is 0.394. The zero-order chi connectivity index (χ0) is 17.5. The number of thiophene rings is 1. The molecule has 0 saturated carbocycles. The van der Waals surface area contributed by atoms with Crippen LogP contribution in [0.4, 0.5) is 0 Å². The first kappa shape index (κ1) is 15.8. The Hall–Kier alpha value is -2.44. The summed E-state index contributed by atoms with van der Waals surface area (Å²) in [6.07, 6.45) is 4.21. The van der Waals surface area contributed by atoms with Crippen LogP contribution in [0, 0.1) is 0 Å². The van der Waals surface area contributed by atoms with E-state index in [1.807, 2.05) is 17.4 Å². The van der Waals surface area contributed by atoms with Crippen molar-refractivity contribution in [3.63, 3.8) is 0 Å². The summed E-state index contributed by atoms with van der Waals surface area (Å²) in [4.78, 5) is 10.2. The second-order valence-electron chi connectivity index (χ2n) is 6.88. The Bertz CT molecular complexity index is 1030. The molecule has 0 unspecified atom stereocenters. The van der Waals surface area contributed by atoms with Crippen molar-refractivity contribution in [1.82, 2.24) is 24.6 Å². The molecule has 5 rings (SSSR count). The van der Waals surface area contributed by atoms with Gasteiger partial charge in [0.1, 0.15) is 5.82 Å². The van der Waals surface area contributed by atoms with Gasteiger partial charge in [-0.15, -0.1) is 11.3 Å². The molecule has 6 heteroatoms. The highest BCUT2D eigenvalue weighted by Crippen LogP contribution is 2.36. The average molecular weight is 363 g/mol. The second-order valence-corrected chi connectivity index (χ2v) is 8.05. The molecule has 1 atom stereocenters. The summed E-state index contributed by atoms with van der Waals surface area (Å²) < 4.78 is 2.27. The fourth-order valence-corrected chi connectivity index (χ4v) is 4.98. The lowest BCUT2D eigenvalue weighted by Crippen LogP contribution is -2.24. The summed E-state index contributed by atoms with van der Waals surface area (Å²) in [6, 6.07) is 15.3. The van der Waals surface area contributed by atoms with Crippen LogP contribution in [0.25, 0.3) is 21.6 Å². The molecule has 0 bridgehead atoms. The van der Waals surface area contributed by atoms with Gasteiger partial charge in [0.25, 0.3) is 0 Å². The van der Waals surface area contributed by atoms with Crippen LogP contribution in [0.1, 0.15) is 29.6 Å². The molecule has 1 fully saturated rings. The normalized spacial score (nSPS) is 18.1. The monoisotopic (exact) mass is 363 g/mol. The Labute approximate surface area is 156 Å². The zero-order valence-corrected chi connectivity index (χ0v) is 15.5. The standard InChI is InChI=1S/C20H21N5S/c1-24-17-6-3-2-5-15(17)22-20(24)18-7-4-12-25(18)13-14-8-9-19(26-14)16-10-11-21-23-16/h2-3,5-6,8-11,18H,4,7,12-13H2,1H3,(H,21,23)/t18-/m1/s1. The van der Waals surface area contributed by atoms with Crippen molar-refractivity contribution in [2.75, 3.05) is 6.54 Å². The van der Waals surface area contributed by atoms with Crippen molar-refractivity contribution < 1.29 is 0 Å². The molecule has 4 heterocycles. The van der Waals surface area contributed by atoms with E-state index in [1.54, 1.807) is 6.20 Å². The topological polar surface area (TPSA) is 49.7 Å². The maximum atomic E-state index is 4.94. The van der Waals surface area contributed by atoms with E-state index in [-0.39, 0.29) is 0 Å². The van der Waals surface area contributed by atoms with Gasteiger partial charge in [0.15, 0.2) is 0 Å². The number of likely N-dealkylation sites (tertiary alicyclic amines) is 1. The molecule has 1 N–H and O–H groups in total. The Morgan fingerprint density at radius 3 is 2.96 bits per heavy atom. The van der Waals surface area contributed by atoms with Crippen LogP contribution in [0.5, 0.6) is 0 Å². The molecule has 0 aliphatic carbocycles. The molecule has 0 amide bonds. The van der Waals surface area contributed by atoms with Crippen LogP contribution >= 0.6 is 11.3 Å². The summed E-state index contributed by atoms with van der Waals surface area (Å²) in [5.41, 5.74) is 3.40. The largest absolute Gasteiger partial charge is 0.330 e. The van der Waals surface area contributed by atoms with E-state index in [4.69, 9.17) is 4.98 Å². The number of H-pyrrole nitrogens is 1. The van der Waals surface area contributed by atoms with E-state index in [0.717, 1.165) is 24.3 Å². The SMILES string of the molecule is Cn1c([C@H]2CCCN2Cc2ccc(-c3ccn[nH]3)s2)nc2ccccc21. The minimum Gasteiger partial charge on any atom is -0.330 e. The van der Waals surface area contributed by atoms with Crippen LogP contribution in [-0.2, 0) is 13.6 Å². The van der Waals surface area contributed by atoms with Gasteiger partial charge in [-0.1, -0.05) is 12.1 Å². The Kier molecular flexibility index (Phi) is 3.87. The molecule has 26 heavy (non-hydrogen) atoms. The molecule has 3 aromatic heterocycles. The highest BCUT2D eigenvalue weighted by Gasteiger charge is 2.30. The Morgan fingerprint density at radius 1 is 1.19 bits per heavy atom. The molecular formula is C20H21N5S. The predicted molar refractivity (Wildman–Crippen MR) is 105 cm³/mol. The number of nitrogens with zero attached hydrogens (tertiary/aromatic N) is 4. The van der Waals surface area contributed by atoms with Gasteiger partial charge in [-0.05, 0) is 49.7 Å². The van der Waals surface area contributed by atoms with Crippen LogP contribution in [0.2, 0.25) is 0 Å². The lowest BCUT2D eigenvalue weighted by Gasteiger charge is -2.23. The van der Waals surface area contributed by atoms with Gasteiger partial charge in [-0.25, -0.2) is 4.98 Å². The number of aromatic nitrogens is 4. The lowest BCUT2D eigenvalue weighted by atomic mass is 10.2. The maximum absolute atomic E-state index is 4.94. The summed E-state index contributed by atoms with van der Waals surface area (Å²) >= 11 is 1.84. The highest BCUT2D eigenvalue weighted by atomic mass is 32.1. The molecule has 1 aliphatic heterocycles. The van der Waals surface area contributed by atoms with E-state index >= 15 is 0 Å². The maximum Gasteiger partial charge on any atom is 0.127 e. The first-order chi connectivity index (χ1) is 12.8. The van der Waals surface area contributed by atoms with Gasteiger partial charge in [0.2, 0.25) is 0 Å². The van der Waals surface area contributed by atoms with Gasteiger partial charge in [0, 0.05) is 24.7 Å². The molecular weight excluding hydrogens is 342 g/mol. The van der Waals surface area contributed by atoms with Crippen molar-refractivity contribution in [3.05, 3.63) is 59.4 Å². The zero-order valence-electron chi connectivity index (χ0n) is 14.7. The second kappa shape index (κ2) is 6.37. The summed E-state index contributed by atoms with van der Waals surface area (Å²) in [7, 11) is 2.14. The van der Waals surface area contributed by atoms with E-state index in [1.165, 1.54) is 33.9 Å². The van der Waals surface area contributed by atoms with E-state index in [0.29, 0.717) is 6.04 Å². The van der Waals surface area contributed by atoms with Gasteiger partial charge in [-0.2, -0.15) is 5.10 Å². The quantitative estimate of drug-likeness (QED) is 0.586. The number of aromatic amines is 1. The number of hydrogen-bond acceptors (Lipinski definition) is 4. The number of aryl methyl sites for hydroxylation is 1. The summed E-state index contributed by atoms with van der Waals surface area (Å²) in [5, 5.41) is 7.10. The number of hydrogen-bond donors (Lipinski definition) is 1. The lowest BCUT2D eigenvalue weighted by molar-refractivity contribution is 0.239. The first-order valence-corrected chi connectivity index (χ1v) is 9.85. The van der Waals surface area contributed by atoms with Crippen molar-refractivity contribution in [1.29, 1.82) is 0 Å². The Morgan fingerprint density at radius 2 is 2.12 bits per heavy atom. The minimum atomic E-state index is 0.394. The molecule has 4 aromatic rings. The van der Waals surface area contributed by atoms with E-state index in [2.05, 4.69) is 63.1 Å². The van der Waals surface area contributed by atoms with Crippen LogP contribution in [0.15, 0.2) is 48.7 Å². The molecule has 1 saturated heterocycles. The Balaban J connectivity index is 1.41. The number of fused-ring (bicyclic) bond motifs is 1. The number of benzene rings is 1. The molecule has 0 radical (unpaired) electrons. The molecule has 132 valence electrons. The third-order valence-electron chi connectivity index (χ3n) is 5.27. The average Bonchev–Trinajstić information content (AvgIpc) is 3.42. The van der Waals surface area contributed by atoms with E-state index < -0.39 is 0 Å². The smallest absolute Gasteiger partial charge is 0.127 e. The van der Waals surface area contributed by atoms with Crippen molar-refractivity contribution in [3.8, 4) is 10.6 Å². The van der Waals surface area contributed by atoms with Gasteiger partial charge in [0.05, 0.1) is 27.6 Å². The molecule has 0 spiro atoms. The molecule has 1 aromatic carbocycles. The molecule has 1 aliphatic rings. The molecule has 5 nitrogen and oxygen atoms in total. The first-order valence-electron chi connectivity index (χ1n) is 9.03. The fraction of sp³-hybridized carbons (Fsp3) is 0.300. The predicted octanol–water partition coefficient (Wildman–Crippen LogP) is 4.36. The third kappa shape index (κ3) is 2.66. The van der Waals surface area contributed by atoms with Gasteiger partial charge < -0.3 is 4.57 Å². The number of rotatable bonds is 4. The number of imidazole rings is 1. The van der Waals surface area contributed by atoms with Crippen molar-refractivity contribution in [2.24, 2.45) is 7.05 Å². The van der Waals surface area contributed by atoms with Crippen LogP contribution < -0.4 is 0 Å². The number of para-hydroxylation sites is 2. The van der Waals surface area contributed by atoms with Crippen LogP contribution in [0.3, 0.4) is 0 Å². The van der Waals surface area contributed by atoms with Crippen molar-refractivity contribution in [2.45, 2.75) is 25.4 Å². The van der Waals surface area contributed by atoms with E-state index in [9.17, 15) is 0 Å². The van der Waals surface area contributed by atoms with Gasteiger partial charge >= 0.3 is 0 Å². The van der Waals surface area contributed by atoms with Gasteiger partial charge in [-0.3, -0.25) is 10.00 Å². The highest BCUT2D eigenvalue weighted by molar-refractivity contribution is 7.15. The van der Waals surface area contributed by atoms with Crippen LogP contribution in [-0.4, -0.2) is 31.2 Å². The summed E-state index contributed by atoms with van der Waals surface area (Å²) in [6.45, 7) is 2.11. The third-order valence-corrected chi connectivity index (χ3v) is 6.37. The fourth-order valence-electron chi connectivity index (χ4n) is 3.97. The number of nitrogens with one attached hydrogen (secondary N) is 1. The van der Waals surface area contributed by atoms with Crippen molar-refractivity contribution >= 4 is 22.4 Å². The summed E-state index contributed by atoms with van der Waals surface area (Å²) in [5.74, 6) is 1.19.